The molecule has 0 bridgehead atoms. The summed E-state index contributed by atoms with van der Waals surface area (Å²) in [6.45, 7) is 0. The molecule has 0 aromatic heterocycles. The molecule has 2 aliphatic heterocycles. The number of hydrogen-bond donors (Lipinski definition) is 1. The number of benzene rings is 4. The van der Waals surface area contributed by atoms with Crippen molar-refractivity contribution >= 4 is 17.7 Å². The third-order valence-corrected chi connectivity index (χ3v) is 14.3. The van der Waals surface area contributed by atoms with E-state index in [1.807, 2.05) is 0 Å². The maximum absolute atomic E-state index is 15.2. The van der Waals surface area contributed by atoms with Gasteiger partial charge < -0.3 is 0 Å². The molecule has 6 rings (SSSR count). The van der Waals surface area contributed by atoms with Gasteiger partial charge in [-0.1, -0.05) is 0 Å². The topological polar surface area (TPSA) is 38.7 Å². The molecule has 2 heterocycles. The zero-order chi connectivity index (χ0) is 35.2. The first-order valence-corrected chi connectivity index (χ1v) is 16.0. The molecule has 0 amide bonds. The summed E-state index contributed by atoms with van der Waals surface area (Å²) in [7, 11) is -7.37. The first kappa shape index (κ1) is 34.2. The molecule has 1 spiro atoms. The van der Waals surface area contributed by atoms with E-state index in [0.29, 0.717) is 24.3 Å². The van der Waals surface area contributed by atoms with Crippen LogP contribution in [0.1, 0.15) is 34.0 Å². The second kappa shape index (κ2) is 10.4. The van der Waals surface area contributed by atoms with Crippen LogP contribution in [0.15, 0.2) is 109 Å². The van der Waals surface area contributed by atoms with Crippen molar-refractivity contribution in [3.05, 3.63) is 131 Å². The minimum atomic E-state index is -7.37. The summed E-state index contributed by atoms with van der Waals surface area (Å²) in [6, 6.07) is 16.9. The number of hydrogen-bond acceptors (Lipinski definition) is 3. The summed E-state index contributed by atoms with van der Waals surface area (Å²) < 4.78 is 193. The van der Waals surface area contributed by atoms with Gasteiger partial charge in [0.25, 0.3) is 0 Å². The zero-order valence-electron chi connectivity index (χ0n) is 23.8. The molecule has 48 heavy (non-hydrogen) atoms. The van der Waals surface area contributed by atoms with Gasteiger partial charge in [-0.3, -0.25) is 0 Å². The first-order valence-electron chi connectivity index (χ1n) is 13.9. The van der Waals surface area contributed by atoms with Crippen LogP contribution in [0.4, 0.5) is 52.7 Å². The Kier molecular flexibility index (Phi) is 7.43. The Morgan fingerprint density at radius 2 is 0.771 bits per heavy atom. The Balaban J connectivity index is 1.94. The number of alkyl halides is 12. The van der Waals surface area contributed by atoms with Crippen LogP contribution in [0.2, 0.25) is 0 Å². The fourth-order valence-corrected chi connectivity index (χ4v) is 13.7. The third kappa shape index (κ3) is 4.13. The molecular formula is C32H21F12O3P. The van der Waals surface area contributed by atoms with Crippen LogP contribution in [0, 0.1) is 0 Å². The molecule has 2 atom stereocenters. The van der Waals surface area contributed by atoms with Crippen LogP contribution >= 0.6 is 7.06 Å². The van der Waals surface area contributed by atoms with Gasteiger partial charge in [0.15, 0.2) is 0 Å². The Morgan fingerprint density at radius 1 is 0.458 bits per heavy atom. The van der Waals surface area contributed by atoms with Gasteiger partial charge in [-0.15, -0.1) is 0 Å². The Labute approximate surface area is 263 Å². The summed E-state index contributed by atoms with van der Waals surface area (Å²) in [6.07, 6.45) is -28.6. The van der Waals surface area contributed by atoms with Crippen molar-refractivity contribution < 1.29 is 66.8 Å². The number of aliphatic hydroxyl groups is 1. The monoisotopic (exact) mass is 712 g/mol. The summed E-state index contributed by atoms with van der Waals surface area (Å²) in [4.78, 5) is 0. The summed E-state index contributed by atoms with van der Waals surface area (Å²) in [5.74, 6) is 0. The molecule has 0 radical (unpaired) electrons. The van der Waals surface area contributed by atoms with E-state index in [1.54, 1.807) is 0 Å². The number of fused-ring (bicyclic) bond motifs is 4. The average molecular weight is 712 g/mol. The van der Waals surface area contributed by atoms with E-state index in [1.165, 1.54) is 36.4 Å². The van der Waals surface area contributed by atoms with Crippen LogP contribution in [0.3, 0.4) is 0 Å². The standard InChI is InChI=1S/C32H21F12O3P/c33-29(34,35)27(30(36,37)38)21-15-7-9-17-23(21)48(46-27,26(20-13-5-2-6-14-20)25(45)19-11-3-1-4-12-19)24-18-10-8-16-22(24)28(47-48,31(39,40)41)32(42,43)44/h1-18,25-26,45H/t25-,26+/m1/s1. The molecule has 1 N–H and O–H groups in total. The Bertz CT molecular complexity index is 1720. The van der Waals surface area contributed by atoms with Crippen LogP contribution in [-0.4, -0.2) is 29.8 Å². The van der Waals surface area contributed by atoms with E-state index in [-0.39, 0.29) is 17.7 Å². The summed E-state index contributed by atoms with van der Waals surface area (Å²) in [5.41, 5.74) is -18.0. The van der Waals surface area contributed by atoms with Gasteiger partial charge in [0.2, 0.25) is 0 Å². The van der Waals surface area contributed by atoms with Crippen molar-refractivity contribution in [1.82, 2.24) is 0 Å². The number of aliphatic hydroxyl groups excluding tert-OH is 1. The fraction of sp³-hybridized carbons (Fsp3) is 0.250. The van der Waals surface area contributed by atoms with E-state index in [4.69, 9.17) is 9.05 Å². The number of halogens is 12. The van der Waals surface area contributed by atoms with Gasteiger partial charge >= 0.3 is 264 Å². The van der Waals surface area contributed by atoms with Gasteiger partial charge in [-0.25, -0.2) is 0 Å². The van der Waals surface area contributed by atoms with E-state index < -0.39 is 82.0 Å². The predicted octanol–water partition coefficient (Wildman–Crippen LogP) is 9.20. The quantitative estimate of drug-likeness (QED) is 0.170. The molecule has 256 valence electrons. The zero-order valence-corrected chi connectivity index (χ0v) is 24.7. The third-order valence-electron chi connectivity index (χ3n) is 8.80. The normalized spacial score (nSPS) is 21.5. The van der Waals surface area contributed by atoms with Crippen molar-refractivity contribution in [2.45, 2.75) is 47.7 Å². The molecule has 4 aromatic rings. The molecule has 0 fully saturated rings. The van der Waals surface area contributed by atoms with E-state index in [9.17, 15) is 5.11 Å². The van der Waals surface area contributed by atoms with Crippen LogP contribution in [-0.2, 0) is 20.2 Å². The second-order valence-electron chi connectivity index (χ2n) is 11.3. The molecule has 0 saturated carbocycles. The van der Waals surface area contributed by atoms with Gasteiger partial charge in [0.1, 0.15) is 0 Å². The SMILES string of the molecule is O[C@H](c1ccccc1)[C@H](c1ccccc1)P12(OC(C(F)(F)F)(C(F)(F)F)c3ccccc31)OC(C(F)(F)F)(C(F)(F)F)c1ccccc12. The average Bonchev–Trinajstić information content (AvgIpc) is 3.46. The van der Waals surface area contributed by atoms with Gasteiger partial charge in [0, 0.05) is 0 Å². The fourth-order valence-electron chi connectivity index (χ4n) is 7.01. The van der Waals surface area contributed by atoms with Gasteiger partial charge in [0.05, 0.1) is 0 Å². The van der Waals surface area contributed by atoms with E-state index >= 15 is 52.7 Å². The van der Waals surface area contributed by atoms with E-state index in [0.717, 1.165) is 36.4 Å². The molecule has 0 aliphatic carbocycles. The molecular weight excluding hydrogens is 691 g/mol. The molecule has 0 saturated heterocycles. The minimum absolute atomic E-state index is 0.277. The molecule has 3 nitrogen and oxygen atoms in total. The maximum atomic E-state index is 15.2. The molecule has 16 heteroatoms. The van der Waals surface area contributed by atoms with Crippen LogP contribution in [0.5, 0.6) is 0 Å². The van der Waals surface area contributed by atoms with Gasteiger partial charge in [-0.2, -0.15) is 0 Å². The predicted molar refractivity (Wildman–Crippen MR) is 149 cm³/mol. The van der Waals surface area contributed by atoms with E-state index in [2.05, 4.69) is 0 Å². The summed E-state index contributed by atoms with van der Waals surface area (Å²) in [5, 5.41) is 9.38. The Morgan fingerprint density at radius 3 is 1.12 bits per heavy atom. The van der Waals surface area contributed by atoms with Gasteiger partial charge in [-0.05, 0) is 0 Å². The molecule has 0 unspecified atom stereocenters. The van der Waals surface area contributed by atoms with Crippen molar-refractivity contribution in [3.8, 4) is 0 Å². The van der Waals surface area contributed by atoms with Crippen molar-refractivity contribution in [2.24, 2.45) is 0 Å². The second-order valence-corrected chi connectivity index (χ2v) is 15.2. The first-order chi connectivity index (χ1) is 22.2. The van der Waals surface area contributed by atoms with Crippen molar-refractivity contribution in [1.29, 1.82) is 0 Å². The summed E-state index contributed by atoms with van der Waals surface area (Å²) >= 11 is 0. The van der Waals surface area contributed by atoms with Crippen LogP contribution < -0.4 is 10.6 Å². The van der Waals surface area contributed by atoms with Crippen LogP contribution in [0.25, 0.3) is 0 Å². The number of rotatable bonds is 4. The Hall–Kier alpha value is -3.65. The molecule has 4 aromatic carbocycles. The molecule has 2 aliphatic rings. The van der Waals surface area contributed by atoms with Crippen molar-refractivity contribution in [3.63, 3.8) is 0 Å². The van der Waals surface area contributed by atoms with Crippen molar-refractivity contribution in [2.75, 3.05) is 0 Å².